The van der Waals surface area contributed by atoms with Crippen LogP contribution in [-0.2, 0) is 10.0 Å². The number of benzene rings is 1. The molecule has 0 amide bonds. The summed E-state index contributed by atoms with van der Waals surface area (Å²) in [6, 6.07) is 5.98. The standard InChI is InChI=1S/C14H22ClN3O2S/c1-10-8-11(6-7-18(10)2)16-14-9-12(4-5-13(14)15)17-21(3,19)20/h4-5,9-11,16-17H,6-8H2,1-3H3. The highest BCUT2D eigenvalue weighted by Gasteiger charge is 2.23. The van der Waals surface area contributed by atoms with Gasteiger partial charge >= 0.3 is 0 Å². The quantitative estimate of drug-likeness (QED) is 0.890. The lowest BCUT2D eigenvalue weighted by molar-refractivity contribution is 0.190. The Morgan fingerprint density at radius 3 is 2.71 bits per heavy atom. The molecule has 2 rings (SSSR count). The van der Waals surface area contributed by atoms with Crippen LogP contribution in [0.1, 0.15) is 19.8 Å². The van der Waals surface area contributed by atoms with Crippen LogP contribution in [-0.4, -0.2) is 45.2 Å². The first kappa shape index (κ1) is 16.4. The molecule has 0 bridgehead atoms. The van der Waals surface area contributed by atoms with E-state index in [0.29, 0.717) is 22.8 Å². The number of rotatable bonds is 4. The van der Waals surface area contributed by atoms with Gasteiger partial charge in [-0.2, -0.15) is 0 Å². The second-order valence-electron chi connectivity index (χ2n) is 5.76. The van der Waals surface area contributed by atoms with Crippen molar-refractivity contribution in [3.63, 3.8) is 0 Å². The molecule has 0 aliphatic carbocycles. The maximum Gasteiger partial charge on any atom is 0.229 e. The first-order chi connectivity index (χ1) is 9.74. The van der Waals surface area contributed by atoms with E-state index in [1.165, 1.54) is 0 Å². The van der Waals surface area contributed by atoms with Gasteiger partial charge in [0.2, 0.25) is 10.0 Å². The number of likely N-dealkylation sites (tertiary alicyclic amines) is 1. The van der Waals surface area contributed by atoms with Crippen LogP contribution in [0.4, 0.5) is 11.4 Å². The van der Waals surface area contributed by atoms with E-state index >= 15 is 0 Å². The monoisotopic (exact) mass is 331 g/mol. The van der Waals surface area contributed by atoms with Crippen LogP contribution in [0.5, 0.6) is 0 Å². The molecule has 2 N–H and O–H groups in total. The molecule has 1 aliphatic heterocycles. The van der Waals surface area contributed by atoms with Gasteiger partial charge in [-0.05, 0) is 45.0 Å². The van der Waals surface area contributed by atoms with Crippen molar-refractivity contribution in [2.24, 2.45) is 0 Å². The van der Waals surface area contributed by atoms with E-state index in [-0.39, 0.29) is 0 Å². The minimum Gasteiger partial charge on any atom is -0.381 e. The zero-order valence-electron chi connectivity index (χ0n) is 12.6. The molecule has 0 spiro atoms. The van der Waals surface area contributed by atoms with Crippen molar-refractivity contribution in [3.8, 4) is 0 Å². The minimum absolute atomic E-state index is 0.349. The molecule has 2 unspecified atom stereocenters. The first-order valence-electron chi connectivity index (χ1n) is 6.99. The summed E-state index contributed by atoms with van der Waals surface area (Å²) in [5.41, 5.74) is 1.29. The molecule has 0 radical (unpaired) electrons. The van der Waals surface area contributed by atoms with E-state index in [4.69, 9.17) is 11.6 Å². The zero-order valence-corrected chi connectivity index (χ0v) is 14.1. The van der Waals surface area contributed by atoms with Gasteiger partial charge in [0.25, 0.3) is 0 Å². The Kier molecular flexibility index (Phi) is 5.01. The molecule has 0 aromatic heterocycles. The Hall–Kier alpha value is -0.980. The van der Waals surface area contributed by atoms with Crippen molar-refractivity contribution in [2.75, 3.05) is 29.9 Å². The maximum absolute atomic E-state index is 11.3. The number of nitrogens with zero attached hydrogens (tertiary/aromatic N) is 1. The molecular formula is C14H22ClN3O2S. The average Bonchev–Trinajstić information content (AvgIpc) is 2.36. The van der Waals surface area contributed by atoms with Gasteiger partial charge in [0.15, 0.2) is 0 Å². The summed E-state index contributed by atoms with van der Waals surface area (Å²) in [6.45, 7) is 3.24. The molecule has 118 valence electrons. The van der Waals surface area contributed by atoms with Crippen LogP contribution in [0.25, 0.3) is 0 Å². The predicted molar refractivity (Wildman–Crippen MR) is 88.7 cm³/mol. The van der Waals surface area contributed by atoms with Gasteiger partial charge in [0.1, 0.15) is 0 Å². The van der Waals surface area contributed by atoms with Crippen molar-refractivity contribution in [1.29, 1.82) is 0 Å². The lowest BCUT2D eigenvalue weighted by Gasteiger charge is -2.36. The molecule has 1 heterocycles. The van der Waals surface area contributed by atoms with Crippen LogP contribution in [0, 0.1) is 0 Å². The largest absolute Gasteiger partial charge is 0.381 e. The number of sulfonamides is 1. The molecule has 7 heteroatoms. The molecule has 1 aliphatic rings. The fourth-order valence-electron chi connectivity index (χ4n) is 2.55. The van der Waals surface area contributed by atoms with E-state index in [1.807, 2.05) is 0 Å². The van der Waals surface area contributed by atoms with Crippen molar-refractivity contribution in [1.82, 2.24) is 4.90 Å². The van der Waals surface area contributed by atoms with Crippen molar-refractivity contribution < 1.29 is 8.42 Å². The second kappa shape index (κ2) is 6.42. The van der Waals surface area contributed by atoms with Crippen molar-refractivity contribution in [3.05, 3.63) is 23.2 Å². The van der Waals surface area contributed by atoms with E-state index in [9.17, 15) is 8.42 Å². The molecule has 0 saturated carbocycles. The summed E-state index contributed by atoms with van der Waals surface area (Å²) in [5.74, 6) is 0. The molecule has 21 heavy (non-hydrogen) atoms. The molecule has 1 fully saturated rings. The van der Waals surface area contributed by atoms with Crippen LogP contribution in [0.2, 0.25) is 5.02 Å². The summed E-state index contributed by atoms with van der Waals surface area (Å²) < 4.78 is 25.1. The summed E-state index contributed by atoms with van der Waals surface area (Å²) in [6.07, 6.45) is 3.21. The lowest BCUT2D eigenvalue weighted by atomic mass is 9.98. The fraction of sp³-hybridized carbons (Fsp3) is 0.571. The molecule has 1 aromatic carbocycles. The molecule has 1 aromatic rings. The van der Waals surface area contributed by atoms with Crippen LogP contribution >= 0.6 is 11.6 Å². The molecular weight excluding hydrogens is 310 g/mol. The number of hydrogen-bond acceptors (Lipinski definition) is 4. The molecule has 1 saturated heterocycles. The van der Waals surface area contributed by atoms with Gasteiger partial charge in [-0.15, -0.1) is 0 Å². The van der Waals surface area contributed by atoms with Crippen LogP contribution in [0.15, 0.2) is 18.2 Å². The van der Waals surface area contributed by atoms with E-state index < -0.39 is 10.0 Å². The average molecular weight is 332 g/mol. The summed E-state index contributed by atoms with van der Waals surface area (Å²) >= 11 is 6.20. The number of piperidine rings is 1. The Balaban J connectivity index is 2.10. The Morgan fingerprint density at radius 1 is 1.38 bits per heavy atom. The number of hydrogen-bond donors (Lipinski definition) is 2. The van der Waals surface area contributed by atoms with Crippen molar-refractivity contribution >= 4 is 33.0 Å². The molecule has 5 nitrogen and oxygen atoms in total. The van der Waals surface area contributed by atoms with E-state index in [1.54, 1.807) is 18.2 Å². The number of nitrogens with one attached hydrogen (secondary N) is 2. The zero-order chi connectivity index (χ0) is 15.6. The number of anilines is 2. The van der Waals surface area contributed by atoms with Gasteiger partial charge in [-0.25, -0.2) is 8.42 Å². The van der Waals surface area contributed by atoms with Crippen molar-refractivity contribution in [2.45, 2.75) is 31.8 Å². The highest BCUT2D eigenvalue weighted by molar-refractivity contribution is 7.92. The number of halogens is 1. The Labute approximate surface area is 131 Å². The Morgan fingerprint density at radius 2 is 2.10 bits per heavy atom. The lowest BCUT2D eigenvalue weighted by Crippen LogP contribution is -2.42. The van der Waals surface area contributed by atoms with E-state index in [2.05, 4.69) is 28.9 Å². The third kappa shape index (κ3) is 4.76. The van der Waals surface area contributed by atoms with Crippen LogP contribution < -0.4 is 10.0 Å². The minimum atomic E-state index is -3.28. The summed E-state index contributed by atoms with van der Waals surface area (Å²) in [4.78, 5) is 2.33. The maximum atomic E-state index is 11.3. The Bertz CT molecular complexity index is 606. The van der Waals surface area contributed by atoms with Gasteiger partial charge in [0, 0.05) is 18.6 Å². The SMILES string of the molecule is CC1CC(Nc2cc(NS(C)(=O)=O)ccc2Cl)CCN1C. The second-order valence-corrected chi connectivity index (χ2v) is 7.92. The fourth-order valence-corrected chi connectivity index (χ4v) is 3.28. The normalized spacial score (nSPS) is 23.8. The van der Waals surface area contributed by atoms with Gasteiger partial charge < -0.3 is 10.2 Å². The van der Waals surface area contributed by atoms with Crippen LogP contribution in [0.3, 0.4) is 0 Å². The van der Waals surface area contributed by atoms with Gasteiger partial charge in [-0.1, -0.05) is 11.6 Å². The summed E-state index contributed by atoms with van der Waals surface area (Å²) in [7, 11) is -1.15. The summed E-state index contributed by atoms with van der Waals surface area (Å²) in [5, 5.41) is 4.03. The third-order valence-corrected chi connectivity index (χ3v) is 4.77. The highest BCUT2D eigenvalue weighted by atomic mass is 35.5. The first-order valence-corrected chi connectivity index (χ1v) is 9.25. The van der Waals surface area contributed by atoms with Gasteiger partial charge in [-0.3, -0.25) is 4.72 Å². The van der Waals surface area contributed by atoms with E-state index in [0.717, 1.165) is 31.3 Å². The third-order valence-electron chi connectivity index (χ3n) is 3.84. The predicted octanol–water partition coefficient (Wildman–Crippen LogP) is 2.61. The topological polar surface area (TPSA) is 61.4 Å². The molecule has 2 atom stereocenters. The highest BCUT2D eigenvalue weighted by Crippen LogP contribution is 2.29. The smallest absolute Gasteiger partial charge is 0.229 e. The van der Waals surface area contributed by atoms with Gasteiger partial charge in [0.05, 0.1) is 22.7 Å².